The van der Waals surface area contributed by atoms with Crippen molar-refractivity contribution in [2.24, 2.45) is 0 Å². The fourth-order valence-electron chi connectivity index (χ4n) is 2.35. The number of hydrogen-bond acceptors (Lipinski definition) is 7. The van der Waals surface area contributed by atoms with Crippen LogP contribution in [0.5, 0.6) is 0 Å². The molecule has 0 aliphatic rings. The van der Waals surface area contributed by atoms with Gasteiger partial charge in [0.2, 0.25) is 0 Å². The Morgan fingerprint density at radius 2 is 1.68 bits per heavy atom. The number of amides is 1. The predicted octanol–water partition coefficient (Wildman–Crippen LogP) is 3.46. The van der Waals surface area contributed by atoms with E-state index in [1.54, 1.807) is 6.92 Å². The van der Waals surface area contributed by atoms with Crippen LogP contribution in [0.4, 0.5) is 5.00 Å². The lowest BCUT2D eigenvalue weighted by molar-refractivity contribution is 0.0526. The van der Waals surface area contributed by atoms with Crippen molar-refractivity contribution in [3.63, 3.8) is 0 Å². The second-order valence-corrected chi connectivity index (χ2v) is 7.32. The quantitative estimate of drug-likeness (QED) is 0.565. The first-order valence-corrected chi connectivity index (χ1v) is 9.58. The van der Waals surface area contributed by atoms with Crippen LogP contribution in [0.2, 0.25) is 0 Å². The average Bonchev–Trinajstić information content (AvgIpc) is 2.94. The molecule has 148 valence electrons. The van der Waals surface area contributed by atoms with E-state index in [1.165, 1.54) is 42.7 Å². The number of benzene rings is 1. The average molecular weight is 421 g/mol. The van der Waals surface area contributed by atoms with Crippen LogP contribution in [0, 0.1) is 13.8 Å². The number of carbonyl (C=O) groups excluding carboxylic acids is 3. The predicted molar refractivity (Wildman–Crippen MR) is 111 cm³/mol. The molecule has 1 amide bonds. The Hall–Kier alpha value is -2.78. The monoisotopic (exact) mass is 420 g/mol. The number of ether oxygens (including phenoxy) is 2. The zero-order valence-corrected chi connectivity index (χ0v) is 17.5. The normalized spacial score (nSPS) is 10.1. The summed E-state index contributed by atoms with van der Waals surface area (Å²) < 4.78 is 9.71. The third-order valence-corrected chi connectivity index (χ3v) is 5.21. The summed E-state index contributed by atoms with van der Waals surface area (Å²) in [5.74, 6) is -1.38. The summed E-state index contributed by atoms with van der Waals surface area (Å²) in [6, 6.07) is 5.96. The molecular weight excluding hydrogens is 400 g/mol. The summed E-state index contributed by atoms with van der Waals surface area (Å²) in [5, 5.41) is 6.01. The third kappa shape index (κ3) is 4.93. The summed E-state index contributed by atoms with van der Waals surface area (Å²) in [5.41, 5.74) is 1.87. The van der Waals surface area contributed by atoms with Gasteiger partial charge in [0.1, 0.15) is 5.00 Å². The van der Waals surface area contributed by atoms with Gasteiger partial charge in [0, 0.05) is 10.4 Å². The molecule has 0 bridgehead atoms. The summed E-state index contributed by atoms with van der Waals surface area (Å²) in [6.45, 7) is 5.71. The lowest BCUT2D eigenvalue weighted by Gasteiger charge is -2.10. The van der Waals surface area contributed by atoms with Gasteiger partial charge in [0.05, 0.1) is 24.8 Å². The fourth-order valence-corrected chi connectivity index (χ4v) is 3.66. The molecule has 2 rings (SSSR count). The largest absolute Gasteiger partial charge is 0.465 e. The molecule has 0 saturated carbocycles. The minimum atomic E-state index is -0.487. The van der Waals surface area contributed by atoms with Gasteiger partial charge in [-0.1, -0.05) is 0 Å². The van der Waals surface area contributed by atoms with Crippen molar-refractivity contribution in [3.8, 4) is 0 Å². The SMILES string of the molecule is CCOC(=O)c1c(NC(=S)NC(=O)c2ccc(C(=O)OC)cc2)sc(C)c1C. The zero-order valence-electron chi connectivity index (χ0n) is 15.9. The van der Waals surface area contributed by atoms with Gasteiger partial charge in [-0.2, -0.15) is 0 Å². The van der Waals surface area contributed by atoms with E-state index in [0.29, 0.717) is 21.7 Å². The van der Waals surface area contributed by atoms with E-state index in [2.05, 4.69) is 15.4 Å². The first-order chi connectivity index (χ1) is 13.3. The number of thiocarbonyl (C=S) groups is 1. The van der Waals surface area contributed by atoms with Gasteiger partial charge in [0.15, 0.2) is 5.11 Å². The smallest absolute Gasteiger partial charge is 0.341 e. The summed E-state index contributed by atoms with van der Waals surface area (Å²) in [6.07, 6.45) is 0. The molecule has 9 heteroatoms. The third-order valence-electron chi connectivity index (χ3n) is 3.89. The standard InChI is InChI=1S/C19H20N2O5S2/c1-5-26-18(24)14-10(2)11(3)28-16(14)21-19(27)20-15(22)12-6-8-13(9-7-12)17(23)25-4/h6-9H,5H2,1-4H3,(H2,20,21,22,27). The lowest BCUT2D eigenvalue weighted by Crippen LogP contribution is -2.34. The van der Waals surface area contributed by atoms with Crippen molar-refractivity contribution in [2.45, 2.75) is 20.8 Å². The Labute approximate surface area is 172 Å². The van der Waals surface area contributed by atoms with E-state index in [1.807, 2.05) is 13.8 Å². The number of hydrogen-bond donors (Lipinski definition) is 2. The van der Waals surface area contributed by atoms with Gasteiger partial charge in [-0.15, -0.1) is 11.3 Å². The number of methoxy groups -OCH3 is 1. The van der Waals surface area contributed by atoms with Crippen molar-refractivity contribution in [2.75, 3.05) is 19.0 Å². The van der Waals surface area contributed by atoms with Gasteiger partial charge < -0.3 is 14.8 Å². The van der Waals surface area contributed by atoms with E-state index in [4.69, 9.17) is 17.0 Å². The first kappa shape index (κ1) is 21.5. The molecule has 0 aliphatic heterocycles. The van der Waals surface area contributed by atoms with Gasteiger partial charge in [-0.25, -0.2) is 9.59 Å². The van der Waals surface area contributed by atoms with Gasteiger partial charge in [-0.05, 0) is 62.8 Å². The number of esters is 2. The Kier molecular flexibility index (Phi) is 7.24. The molecule has 0 spiro atoms. The molecule has 0 radical (unpaired) electrons. The number of thiophene rings is 1. The van der Waals surface area contributed by atoms with Crippen molar-refractivity contribution in [1.29, 1.82) is 0 Å². The van der Waals surface area contributed by atoms with Crippen LogP contribution in [0.15, 0.2) is 24.3 Å². The molecule has 7 nitrogen and oxygen atoms in total. The topological polar surface area (TPSA) is 93.7 Å². The van der Waals surface area contributed by atoms with Crippen LogP contribution in [0.25, 0.3) is 0 Å². The van der Waals surface area contributed by atoms with E-state index in [9.17, 15) is 14.4 Å². The Morgan fingerprint density at radius 1 is 1.07 bits per heavy atom. The van der Waals surface area contributed by atoms with E-state index in [-0.39, 0.29) is 11.7 Å². The first-order valence-electron chi connectivity index (χ1n) is 8.36. The maximum Gasteiger partial charge on any atom is 0.341 e. The second kappa shape index (κ2) is 9.43. The Balaban J connectivity index is 2.10. The van der Waals surface area contributed by atoms with E-state index >= 15 is 0 Å². The van der Waals surface area contributed by atoms with Crippen molar-refractivity contribution >= 4 is 51.5 Å². The minimum absolute atomic E-state index is 0.0499. The van der Waals surface area contributed by atoms with E-state index in [0.717, 1.165) is 10.4 Å². The molecular formula is C19H20N2O5S2. The highest BCUT2D eigenvalue weighted by atomic mass is 32.1. The molecule has 0 unspecified atom stereocenters. The number of anilines is 1. The van der Waals surface area contributed by atoms with Gasteiger partial charge in [-0.3, -0.25) is 10.1 Å². The Morgan fingerprint density at radius 3 is 2.25 bits per heavy atom. The summed E-state index contributed by atoms with van der Waals surface area (Å²) in [7, 11) is 1.28. The number of nitrogens with one attached hydrogen (secondary N) is 2. The highest BCUT2D eigenvalue weighted by Crippen LogP contribution is 2.33. The molecule has 28 heavy (non-hydrogen) atoms. The second-order valence-electron chi connectivity index (χ2n) is 5.69. The number of carbonyl (C=O) groups is 3. The van der Waals surface area contributed by atoms with Gasteiger partial charge in [0.25, 0.3) is 5.91 Å². The molecule has 2 N–H and O–H groups in total. The number of rotatable bonds is 5. The van der Waals surface area contributed by atoms with Crippen molar-refractivity contribution < 1.29 is 23.9 Å². The van der Waals surface area contributed by atoms with Crippen LogP contribution >= 0.6 is 23.6 Å². The highest BCUT2D eigenvalue weighted by Gasteiger charge is 2.21. The van der Waals surface area contributed by atoms with Crippen molar-refractivity contribution in [1.82, 2.24) is 5.32 Å². The van der Waals surface area contributed by atoms with Crippen molar-refractivity contribution in [3.05, 3.63) is 51.4 Å². The Bertz CT molecular complexity index is 919. The molecule has 0 fully saturated rings. The fraction of sp³-hybridized carbons (Fsp3) is 0.263. The van der Waals surface area contributed by atoms with Crippen LogP contribution in [0.1, 0.15) is 48.4 Å². The van der Waals surface area contributed by atoms with Crippen LogP contribution in [-0.4, -0.2) is 36.7 Å². The molecule has 1 aromatic heterocycles. The van der Waals surface area contributed by atoms with E-state index < -0.39 is 17.8 Å². The van der Waals surface area contributed by atoms with Gasteiger partial charge >= 0.3 is 11.9 Å². The maximum atomic E-state index is 12.3. The zero-order chi connectivity index (χ0) is 20.8. The van der Waals surface area contributed by atoms with Crippen LogP contribution in [0.3, 0.4) is 0 Å². The molecule has 2 aromatic rings. The lowest BCUT2D eigenvalue weighted by atomic mass is 10.1. The number of aryl methyl sites for hydroxylation is 1. The molecule has 0 atom stereocenters. The van der Waals surface area contributed by atoms with Crippen LogP contribution < -0.4 is 10.6 Å². The molecule has 1 aromatic carbocycles. The molecule has 0 aliphatic carbocycles. The minimum Gasteiger partial charge on any atom is -0.465 e. The highest BCUT2D eigenvalue weighted by molar-refractivity contribution is 7.80. The summed E-state index contributed by atoms with van der Waals surface area (Å²) >= 11 is 6.55. The summed E-state index contributed by atoms with van der Waals surface area (Å²) in [4.78, 5) is 37.0. The maximum absolute atomic E-state index is 12.3. The molecule has 0 saturated heterocycles. The molecule has 1 heterocycles. The van der Waals surface area contributed by atoms with Crippen LogP contribution in [-0.2, 0) is 9.47 Å².